The molecular weight excluding hydrogens is 458 g/mol. The first kappa shape index (κ1) is 22.4. The van der Waals surface area contributed by atoms with Gasteiger partial charge in [0.15, 0.2) is 6.61 Å². The molecule has 3 aromatic rings. The monoisotopic (exact) mass is 477 g/mol. The van der Waals surface area contributed by atoms with Crippen LogP contribution in [0.2, 0.25) is 5.02 Å². The zero-order valence-corrected chi connectivity index (χ0v) is 18.4. The van der Waals surface area contributed by atoms with Crippen LogP contribution in [0.25, 0.3) is 11.4 Å². The maximum atomic E-state index is 12.4. The van der Waals surface area contributed by atoms with Crippen LogP contribution in [0.3, 0.4) is 0 Å². The Morgan fingerprint density at radius 3 is 2.59 bits per heavy atom. The summed E-state index contributed by atoms with van der Waals surface area (Å²) in [4.78, 5) is 16.5. The number of carbonyl (C=O) groups is 1. The van der Waals surface area contributed by atoms with Crippen molar-refractivity contribution in [3.8, 4) is 11.4 Å². The van der Waals surface area contributed by atoms with E-state index in [-0.39, 0.29) is 35.6 Å². The topological polar surface area (TPSA) is 121 Å². The van der Waals surface area contributed by atoms with Crippen molar-refractivity contribution in [2.24, 2.45) is 0 Å². The molecule has 1 aliphatic heterocycles. The second-order valence-electron chi connectivity index (χ2n) is 7.11. The minimum Gasteiger partial charge on any atom is -0.452 e. The molecule has 9 nitrogen and oxygen atoms in total. The molecule has 2 heterocycles. The summed E-state index contributed by atoms with van der Waals surface area (Å²) >= 11 is 5.86. The number of halogens is 1. The van der Waals surface area contributed by atoms with Gasteiger partial charge >= 0.3 is 5.97 Å². The first-order valence-electron chi connectivity index (χ1n) is 9.88. The van der Waals surface area contributed by atoms with Gasteiger partial charge in [-0.1, -0.05) is 16.8 Å². The van der Waals surface area contributed by atoms with Gasteiger partial charge in [-0.25, -0.2) is 17.9 Å². The number of esters is 1. The highest BCUT2D eigenvalue weighted by molar-refractivity contribution is 7.89. The number of nitrogens with one attached hydrogen (secondary N) is 1. The van der Waals surface area contributed by atoms with Crippen LogP contribution >= 0.6 is 11.6 Å². The van der Waals surface area contributed by atoms with Crippen molar-refractivity contribution in [1.29, 1.82) is 0 Å². The minimum absolute atomic E-state index is 0.0524. The van der Waals surface area contributed by atoms with Crippen LogP contribution in [0.4, 0.5) is 0 Å². The summed E-state index contributed by atoms with van der Waals surface area (Å²) in [5.41, 5.74) is 0.904. The molecule has 4 rings (SSSR count). The largest absolute Gasteiger partial charge is 0.452 e. The van der Waals surface area contributed by atoms with E-state index in [1.165, 1.54) is 24.3 Å². The molecule has 168 valence electrons. The van der Waals surface area contributed by atoms with E-state index in [4.69, 9.17) is 25.6 Å². The van der Waals surface area contributed by atoms with E-state index >= 15 is 0 Å². The number of rotatable bonds is 8. The molecule has 0 spiro atoms. The highest BCUT2D eigenvalue weighted by Crippen LogP contribution is 2.19. The molecule has 1 saturated heterocycles. The fourth-order valence-corrected chi connectivity index (χ4v) is 4.29. The number of hydrogen-bond acceptors (Lipinski definition) is 8. The van der Waals surface area contributed by atoms with Crippen LogP contribution in [-0.4, -0.2) is 43.8 Å². The standard InChI is InChI=1S/C21H20ClN3O6S/c22-16-7-3-14(4-8-16)20-24-19(31-25-20)13-30-21(26)15-5-9-18(10-6-15)32(27,28)23-12-17-2-1-11-29-17/h3-10,17,23H,1-2,11-13H2/t17-/m1/s1. The lowest BCUT2D eigenvalue weighted by Crippen LogP contribution is -2.31. The number of nitrogens with zero attached hydrogens (tertiary/aromatic N) is 2. The Morgan fingerprint density at radius 1 is 1.16 bits per heavy atom. The van der Waals surface area contributed by atoms with E-state index in [1.807, 2.05) is 0 Å². The quantitative estimate of drug-likeness (QED) is 0.491. The Morgan fingerprint density at radius 2 is 1.91 bits per heavy atom. The van der Waals surface area contributed by atoms with Gasteiger partial charge in [0.25, 0.3) is 5.89 Å². The lowest BCUT2D eigenvalue weighted by atomic mass is 10.2. The van der Waals surface area contributed by atoms with Crippen LogP contribution in [0.15, 0.2) is 57.9 Å². The summed E-state index contributed by atoms with van der Waals surface area (Å²) in [6, 6.07) is 12.4. The summed E-state index contributed by atoms with van der Waals surface area (Å²) < 4.78 is 43.0. The molecule has 1 aromatic heterocycles. The van der Waals surface area contributed by atoms with Crippen molar-refractivity contribution in [3.63, 3.8) is 0 Å². The van der Waals surface area contributed by atoms with Gasteiger partial charge in [0, 0.05) is 23.7 Å². The summed E-state index contributed by atoms with van der Waals surface area (Å²) in [5.74, 6) is -0.175. The third-order valence-corrected chi connectivity index (χ3v) is 6.51. The molecule has 0 saturated carbocycles. The second-order valence-corrected chi connectivity index (χ2v) is 9.31. The third kappa shape index (κ3) is 5.52. The molecule has 2 aromatic carbocycles. The van der Waals surface area contributed by atoms with E-state index in [9.17, 15) is 13.2 Å². The SMILES string of the molecule is O=C(OCc1nc(-c2ccc(Cl)cc2)no1)c1ccc(S(=O)(=O)NC[C@H]2CCCO2)cc1. The number of carbonyl (C=O) groups excluding carboxylic acids is 1. The molecule has 0 unspecified atom stereocenters. The van der Waals surface area contributed by atoms with Gasteiger partial charge in [-0.3, -0.25) is 0 Å². The lowest BCUT2D eigenvalue weighted by Gasteiger charge is -2.11. The Balaban J connectivity index is 1.32. The first-order chi connectivity index (χ1) is 15.4. The van der Waals surface area contributed by atoms with E-state index in [0.29, 0.717) is 23.0 Å². The number of aromatic nitrogens is 2. The van der Waals surface area contributed by atoms with Gasteiger partial charge in [0.05, 0.1) is 16.6 Å². The van der Waals surface area contributed by atoms with Gasteiger partial charge in [-0.2, -0.15) is 4.98 Å². The second kappa shape index (κ2) is 9.78. The van der Waals surface area contributed by atoms with E-state index in [0.717, 1.165) is 12.8 Å². The van der Waals surface area contributed by atoms with Crippen molar-refractivity contribution in [2.45, 2.75) is 30.4 Å². The predicted octanol–water partition coefficient (Wildman–Crippen LogP) is 3.20. The molecule has 0 amide bonds. The smallest absolute Gasteiger partial charge is 0.338 e. The molecule has 1 atom stereocenters. The molecule has 11 heteroatoms. The molecule has 1 fully saturated rings. The van der Waals surface area contributed by atoms with Crippen molar-refractivity contribution < 1.29 is 27.2 Å². The summed E-state index contributed by atoms with van der Waals surface area (Å²) in [6.45, 7) is 0.645. The Bertz CT molecular complexity index is 1170. The maximum absolute atomic E-state index is 12.4. The van der Waals surface area contributed by atoms with E-state index in [2.05, 4.69) is 14.9 Å². The highest BCUT2D eigenvalue weighted by Gasteiger charge is 2.21. The average molecular weight is 478 g/mol. The molecule has 1 aliphatic rings. The van der Waals surface area contributed by atoms with Crippen LogP contribution in [0.5, 0.6) is 0 Å². The summed E-state index contributed by atoms with van der Waals surface area (Å²) in [6.07, 6.45) is 1.65. The molecule has 0 radical (unpaired) electrons. The third-order valence-electron chi connectivity index (χ3n) is 4.82. The summed E-state index contributed by atoms with van der Waals surface area (Å²) in [7, 11) is -3.70. The maximum Gasteiger partial charge on any atom is 0.338 e. The van der Waals surface area contributed by atoms with Gasteiger partial charge in [0.2, 0.25) is 15.8 Å². The van der Waals surface area contributed by atoms with E-state index in [1.54, 1.807) is 24.3 Å². The number of sulfonamides is 1. The minimum atomic E-state index is -3.70. The van der Waals surface area contributed by atoms with Gasteiger partial charge < -0.3 is 14.0 Å². The normalized spacial score (nSPS) is 16.2. The van der Waals surface area contributed by atoms with Gasteiger partial charge in [-0.15, -0.1) is 0 Å². The van der Waals surface area contributed by atoms with Gasteiger partial charge in [-0.05, 0) is 61.4 Å². The number of benzene rings is 2. The fraction of sp³-hybridized carbons (Fsp3) is 0.286. The number of ether oxygens (including phenoxy) is 2. The molecular formula is C21H20ClN3O6S. The van der Waals surface area contributed by atoms with Crippen molar-refractivity contribution in [2.75, 3.05) is 13.2 Å². The molecule has 0 aliphatic carbocycles. The summed E-state index contributed by atoms with van der Waals surface area (Å²) in [5, 5.41) is 4.44. The van der Waals surface area contributed by atoms with Crippen molar-refractivity contribution in [3.05, 3.63) is 65.0 Å². The highest BCUT2D eigenvalue weighted by atomic mass is 35.5. The van der Waals surface area contributed by atoms with Crippen LogP contribution in [0.1, 0.15) is 29.1 Å². The zero-order chi connectivity index (χ0) is 22.6. The van der Waals surface area contributed by atoms with Crippen LogP contribution in [0, 0.1) is 0 Å². The van der Waals surface area contributed by atoms with Crippen molar-refractivity contribution in [1.82, 2.24) is 14.9 Å². The predicted molar refractivity (Wildman–Crippen MR) is 114 cm³/mol. The van der Waals surface area contributed by atoms with Crippen molar-refractivity contribution >= 4 is 27.6 Å². The Hall–Kier alpha value is -2.79. The molecule has 0 bridgehead atoms. The number of hydrogen-bond donors (Lipinski definition) is 1. The molecule has 1 N–H and O–H groups in total. The average Bonchev–Trinajstić information content (AvgIpc) is 3.49. The van der Waals surface area contributed by atoms with Crippen LogP contribution < -0.4 is 4.72 Å². The fourth-order valence-electron chi connectivity index (χ4n) is 3.10. The van der Waals surface area contributed by atoms with E-state index < -0.39 is 16.0 Å². The van der Waals surface area contributed by atoms with Gasteiger partial charge in [0.1, 0.15) is 0 Å². The first-order valence-corrected chi connectivity index (χ1v) is 11.7. The Labute approximate surface area is 189 Å². The zero-order valence-electron chi connectivity index (χ0n) is 16.9. The Kier molecular flexibility index (Phi) is 6.85. The molecule has 32 heavy (non-hydrogen) atoms. The van der Waals surface area contributed by atoms with Crippen LogP contribution in [-0.2, 0) is 26.1 Å². The lowest BCUT2D eigenvalue weighted by molar-refractivity contribution is 0.0429.